The first kappa shape index (κ1) is 18.7. The van der Waals surface area contributed by atoms with Crippen LogP contribution in [-0.2, 0) is 0 Å². The predicted octanol–water partition coefficient (Wildman–Crippen LogP) is 4.34. The van der Waals surface area contributed by atoms with Gasteiger partial charge in [0.15, 0.2) is 0 Å². The number of carbonyl (C=O) groups is 2. The van der Waals surface area contributed by atoms with E-state index < -0.39 is 29.1 Å². The number of nitrogens with one attached hydrogen (secondary N) is 2. The Morgan fingerprint density at radius 3 is 2.00 bits per heavy atom. The van der Waals surface area contributed by atoms with Crippen molar-refractivity contribution in [1.82, 2.24) is 0 Å². The minimum Gasteiger partial charge on any atom is -0.322 e. The van der Waals surface area contributed by atoms with E-state index in [-0.39, 0.29) is 11.1 Å². The second-order valence-corrected chi connectivity index (χ2v) is 5.78. The van der Waals surface area contributed by atoms with Crippen molar-refractivity contribution in [1.29, 1.82) is 5.26 Å². The Hall–Kier alpha value is -4.05. The molecule has 0 heterocycles. The number of anilines is 2. The fraction of sp³-hybridized carbons (Fsp3) is 0. The number of nitrogens with zero attached hydrogens (tertiary/aromatic N) is 1. The number of hydrogen-bond acceptors (Lipinski definition) is 3. The Kier molecular flexibility index (Phi) is 5.42. The summed E-state index contributed by atoms with van der Waals surface area (Å²) in [5, 5.41) is 13.7. The Balaban J connectivity index is 1.78. The molecule has 0 aliphatic rings. The molecule has 0 spiro atoms. The van der Waals surface area contributed by atoms with Crippen molar-refractivity contribution in [3.8, 4) is 6.07 Å². The molecular weight excluding hydrogens is 364 g/mol. The smallest absolute Gasteiger partial charge is 0.255 e. The number of benzene rings is 3. The van der Waals surface area contributed by atoms with E-state index in [2.05, 4.69) is 10.6 Å². The summed E-state index contributed by atoms with van der Waals surface area (Å²) in [4.78, 5) is 24.7. The Morgan fingerprint density at radius 2 is 1.36 bits per heavy atom. The van der Waals surface area contributed by atoms with E-state index in [0.29, 0.717) is 11.3 Å². The second kappa shape index (κ2) is 8.10. The summed E-state index contributed by atoms with van der Waals surface area (Å²) in [5.74, 6) is -3.06. The molecule has 3 aromatic rings. The van der Waals surface area contributed by atoms with Gasteiger partial charge in [-0.1, -0.05) is 18.2 Å². The second-order valence-electron chi connectivity index (χ2n) is 5.78. The van der Waals surface area contributed by atoms with Crippen LogP contribution in [0.5, 0.6) is 0 Å². The molecule has 0 saturated carbocycles. The zero-order chi connectivity index (χ0) is 20.1. The van der Waals surface area contributed by atoms with Crippen LogP contribution in [0.1, 0.15) is 26.3 Å². The quantitative estimate of drug-likeness (QED) is 0.710. The van der Waals surface area contributed by atoms with E-state index in [9.17, 15) is 18.4 Å². The first-order valence-corrected chi connectivity index (χ1v) is 8.15. The minimum absolute atomic E-state index is 0.0566. The molecule has 0 unspecified atom stereocenters. The fourth-order valence-corrected chi connectivity index (χ4v) is 2.47. The predicted molar refractivity (Wildman–Crippen MR) is 99.9 cm³/mol. The topological polar surface area (TPSA) is 82.0 Å². The monoisotopic (exact) mass is 377 g/mol. The van der Waals surface area contributed by atoms with Crippen LogP contribution in [0.15, 0.2) is 66.7 Å². The molecule has 0 atom stereocenters. The SMILES string of the molecule is N#Cc1cccc(NC(=O)c2cccc(C(=O)Nc3c(F)cccc3F)c2)c1. The summed E-state index contributed by atoms with van der Waals surface area (Å²) in [6.45, 7) is 0. The number of para-hydroxylation sites is 1. The van der Waals surface area contributed by atoms with Crippen LogP contribution in [-0.4, -0.2) is 11.8 Å². The molecule has 0 saturated heterocycles. The molecule has 3 rings (SSSR count). The molecule has 138 valence electrons. The summed E-state index contributed by atoms with van der Waals surface area (Å²) in [7, 11) is 0. The lowest BCUT2D eigenvalue weighted by Gasteiger charge is -2.09. The first-order valence-electron chi connectivity index (χ1n) is 8.15. The van der Waals surface area contributed by atoms with Crippen molar-refractivity contribution < 1.29 is 18.4 Å². The van der Waals surface area contributed by atoms with Crippen LogP contribution in [0.3, 0.4) is 0 Å². The molecule has 0 fully saturated rings. The van der Waals surface area contributed by atoms with Crippen LogP contribution in [0.4, 0.5) is 20.2 Å². The van der Waals surface area contributed by atoms with Crippen molar-refractivity contribution in [3.05, 3.63) is 95.1 Å². The maximum Gasteiger partial charge on any atom is 0.255 e. The van der Waals surface area contributed by atoms with Gasteiger partial charge in [-0.15, -0.1) is 0 Å². The lowest BCUT2D eigenvalue weighted by atomic mass is 10.1. The van der Waals surface area contributed by atoms with Crippen molar-refractivity contribution >= 4 is 23.2 Å². The maximum atomic E-state index is 13.7. The van der Waals surface area contributed by atoms with Gasteiger partial charge >= 0.3 is 0 Å². The third kappa shape index (κ3) is 4.19. The van der Waals surface area contributed by atoms with E-state index in [1.54, 1.807) is 18.2 Å². The number of rotatable bonds is 4. The number of halogens is 2. The molecule has 0 radical (unpaired) electrons. The Labute approximate surface area is 159 Å². The molecular formula is C21H13F2N3O2. The van der Waals surface area contributed by atoms with E-state index in [4.69, 9.17) is 5.26 Å². The Bertz CT molecular complexity index is 1090. The number of hydrogen-bond donors (Lipinski definition) is 2. The van der Waals surface area contributed by atoms with Crippen LogP contribution < -0.4 is 10.6 Å². The third-order valence-electron chi connectivity index (χ3n) is 3.84. The highest BCUT2D eigenvalue weighted by Crippen LogP contribution is 2.19. The van der Waals surface area contributed by atoms with Crippen LogP contribution >= 0.6 is 0 Å². The lowest BCUT2D eigenvalue weighted by molar-refractivity contribution is 0.102. The number of nitriles is 1. The van der Waals surface area contributed by atoms with Gasteiger partial charge in [-0.2, -0.15) is 5.26 Å². The van der Waals surface area contributed by atoms with E-state index in [1.807, 2.05) is 6.07 Å². The number of carbonyl (C=O) groups excluding carboxylic acids is 2. The highest BCUT2D eigenvalue weighted by Gasteiger charge is 2.15. The molecule has 7 heteroatoms. The molecule has 2 N–H and O–H groups in total. The average molecular weight is 377 g/mol. The summed E-state index contributed by atoms with van der Waals surface area (Å²) in [5.41, 5.74) is 0.478. The molecule has 2 amide bonds. The normalized spacial score (nSPS) is 10.0. The summed E-state index contributed by atoms with van der Waals surface area (Å²) < 4.78 is 27.4. The minimum atomic E-state index is -0.903. The zero-order valence-electron chi connectivity index (χ0n) is 14.4. The molecule has 0 aliphatic heterocycles. The molecule has 0 aromatic heterocycles. The van der Waals surface area contributed by atoms with Gasteiger partial charge in [0, 0.05) is 16.8 Å². The Morgan fingerprint density at radius 1 is 0.786 bits per heavy atom. The van der Waals surface area contributed by atoms with E-state index >= 15 is 0 Å². The third-order valence-corrected chi connectivity index (χ3v) is 3.84. The first-order chi connectivity index (χ1) is 13.5. The lowest BCUT2D eigenvalue weighted by Crippen LogP contribution is -2.16. The van der Waals surface area contributed by atoms with Crippen molar-refractivity contribution in [2.45, 2.75) is 0 Å². The van der Waals surface area contributed by atoms with Gasteiger partial charge in [0.2, 0.25) is 0 Å². The van der Waals surface area contributed by atoms with Crippen molar-refractivity contribution in [3.63, 3.8) is 0 Å². The van der Waals surface area contributed by atoms with Gasteiger partial charge < -0.3 is 10.6 Å². The maximum absolute atomic E-state index is 13.7. The molecule has 0 bridgehead atoms. The van der Waals surface area contributed by atoms with Crippen LogP contribution in [0.25, 0.3) is 0 Å². The van der Waals surface area contributed by atoms with Gasteiger partial charge in [0.25, 0.3) is 11.8 Å². The highest BCUT2D eigenvalue weighted by atomic mass is 19.1. The van der Waals surface area contributed by atoms with Crippen LogP contribution in [0, 0.1) is 23.0 Å². The summed E-state index contributed by atoms with van der Waals surface area (Å²) in [6.07, 6.45) is 0. The van der Waals surface area contributed by atoms with E-state index in [1.165, 1.54) is 36.4 Å². The largest absolute Gasteiger partial charge is 0.322 e. The summed E-state index contributed by atoms with van der Waals surface area (Å²) >= 11 is 0. The molecule has 5 nitrogen and oxygen atoms in total. The van der Waals surface area contributed by atoms with Gasteiger partial charge in [-0.05, 0) is 48.5 Å². The molecule has 0 aliphatic carbocycles. The van der Waals surface area contributed by atoms with Gasteiger partial charge in [-0.3, -0.25) is 9.59 Å². The van der Waals surface area contributed by atoms with Gasteiger partial charge in [0.1, 0.15) is 17.3 Å². The highest BCUT2D eigenvalue weighted by molar-refractivity contribution is 6.08. The fourth-order valence-electron chi connectivity index (χ4n) is 2.47. The van der Waals surface area contributed by atoms with Gasteiger partial charge in [0.05, 0.1) is 11.6 Å². The average Bonchev–Trinajstić information content (AvgIpc) is 2.71. The number of amides is 2. The van der Waals surface area contributed by atoms with Crippen molar-refractivity contribution in [2.24, 2.45) is 0 Å². The standard InChI is InChI=1S/C21H13F2N3O2/c22-17-8-3-9-18(23)19(17)26-21(28)15-6-2-5-14(11-15)20(27)25-16-7-1-4-13(10-16)12-24/h1-11H,(H,25,27)(H,26,28). The van der Waals surface area contributed by atoms with Crippen molar-refractivity contribution in [2.75, 3.05) is 10.6 Å². The van der Waals surface area contributed by atoms with Crippen LogP contribution in [0.2, 0.25) is 0 Å². The molecule has 3 aromatic carbocycles. The zero-order valence-corrected chi connectivity index (χ0v) is 14.4. The summed E-state index contributed by atoms with van der Waals surface area (Å²) in [6, 6.07) is 17.3. The van der Waals surface area contributed by atoms with E-state index in [0.717, 1.165) is 12.1 Å². The molecule has 28 heavy (non-hydrogen) atoms. The van der Waals surface area contributed by atoms with Gasteiger partial charge in [-0.25, -0.2) is 8.78 Å².